The van der Waals surface area contributed by atoms with Crippen molar-refractivity contribution in [1.29, 1.82) is 0 Å². The first-order chi connectivity index (χ1) is 12.6. The van der Waals surface area contributed by atoms with Crippen LogP contribution in [0.15, 0.2) is 24.3 Å². The van der Waals surface area contributed by atoms with Crippen LogP contribution in [-0.4, -0.2) is 58.0 Å². The zero-order valence-electron chi connectivity index (χ0n) is 15.8. The molecule has 0 spiro atoms. The number of esters is 1. The van der Waals surface area contributed by atoms with Crippen LogP contribution in [0.3, 0.4) is 0 Å². The molecule has 1 fully saturated rings. The van der Waals surface area contributed by atoms with E-state index in [9.17, 15) is 4.79 Å². The number of ether oxygens (including phenoxy) is 1. The summed E-state index contributed by atoms with van der Waals surface area (Å²) in [7, 11) is 3.67. The molecule has 0 radical (unpaired) electrons. The number of nitrogens with zero attached hydrogens (tertiary/aromatic N) is 1. The number of quaternary nitrogens is 1. The van der Waals surface area contributed by atoms with Crippen molar-refractivity contribution in [3.8, 4) is 0 Å². The van der Waals surface area contributed by atoms with E-state index >= 15 is 0 Å². The SMILES string of the molecule is COC(=O)CCCCCNC(=S)Nc1ccccc1N1CC[NH+](C)CC1. The van der Waals surface area contributed by atoms with Crippen molar-refractivity contribution in [2.24, 2.45) is 0 Å². The Hall–Kier alpha value is -1.86. The molecule has 2 rings (SSSR count). The average molecular weight is 380 g/mol. The second-order valence-electron chi connectivity index (χ2n) is 6.73. The molecule has 0 unspecified atom stereocenters. The van der Waals surface area contributed by atoms with Crippen LogP contribution >= 0.6 is 12.2 Å². The second-order valence-corrected chi connectivity index (χ2v) is 7.14. The Morgan fingerprint density at radius 1 is 1.23 bits per heavy atom. The predicted molar refractivity (Wildman–Crippen MR) is 110 cm³/mol. The maximum absolute atomic E-state index is 11.1. The van der Waals surface area contributed by atoms with Gasteiger partial charge in [-0.25, -0.2) is 0 Å². The Bertz CT molecular complexity index is 589. The Labute approximate surface area is 161 Å². The molecule has 26 heavy (non-hydrogen) atoms. The minimum atomic E-state index is -0.141. The van der Waals surface area contributed by atoms with Crippen LogP contribution in [0.5, 0.6) is 0 Å². The van der Waals surface area contributed by atoms with E-state index in [0.29, 0.717) is 11.5 Å². The first-order valence-electron chi connectivity index (χ1n) is 9.37. The highest BCUT2D eigenvalue weighted by Crippen LogP contribution is 2.25. The fraction of sp³-hybridized carbons (Fsp3) is 0.579. The second kappa shape index (κ2) is 11.0. The molecule has 1 heterocycles. The molecule has 0 aromatic heterocycles. The number of rotatable bonds is 8. The number of unbranched alkanes of at least 4 members (excludes halogenated alkanes) is 2. The van der Waals surface area contributed by atoms with E-state index < -0.39 is 0 Å². The van der Waals surface area contributed by atoms with Gasteiger partial charge in [0.1, 0.15) is 0 Å². The molecule has 3 N–H and O–H groups in total. The van der Waals surface area contributed by atoms with Gasteiger partial charge >= 0.3 is 5.97 Å². The van der Waals surface area contributed by atoms with Crippen LogP contribution in [0.4, 0.5) is 11.4 Å². The zero-order valence-corrected chi connectivity index (χ0v) is 16.7. The highest BCUT2D eigenvalue weighted by molar-refractivity contribution is 7.80. The lowest BCUT2D eigenvalue weighted by Crippen LogP contribution is -3.12. The summed E-state index contributed by atoms with van der Waals surface area (Å²) in [4.78, 5) is 15.1. The van der Waals surface area contributed by atoms with Gasteiger partial charge in [-0.3, -0.25) is 4.79 Å². The largest absolute Gasteiger partial charge is 0.469 e. The fourth-order valence-corrected chi connectivity index (χ4v) is 3.24. The van der Waals surface area contributed by atoms with Gasteiger partial charge in [-0.15, -0.1) is 0 Å². The van der Waals surface area contributed by atoms with E-state index in [2.05, 4.69) is 45.5 Å². The van der Waals surface area contributed by atoms with E-state index in [1.54, 1.807) is 4.90 Å². The lowest BCUT2D eigenvalue weighted by atomic mass is 10.2. The topological polar surface area (TPSA) is 58.0 Å². The third-order valence-corrected chi connectivity index (χ3v) is 4.93. The summed E-state index contributed by atoms with van der Waals surface area (Å²) in [5, 5.41) is 7.23. The molecular weight excluding hydrogens is 348 g/mol. The molecular formula is C19H31N4O2S+. The number of thiocarbonyl (C=S) groups is 1. The first kappa shape index (κ1) is 20.5. The van der Waals surface area contributed by atoms with Crippen LogP contribution in [0.1, 0.15) is 25.7 Å². The molecule has 1 aromatic carbocycles. The van der Waals surface area contributed by atoms with E-state index in [4.69, 9.17) is 12.2 Å². The van der Waals surface area contributed by atoms with Crippen molar-refractivity contribution >= 4 is 34.7 Å². The summed E-state index contributed by atoms with van der Waals surface area (Å²) in [6, 6.07) is 8.33. The number of benzene rings is 1. The summed E-state index contributed by atoms with van der Waals surface area (Å²) in [5.41, 5.74) is 2.26. The van der Waals surface area contributed by atoms with Crippen LogP contribution in [0, 0.1) is 0 Å². The van der Waals surface area contributed by atoms with Gasteiger partial charge in [0.25, 0.3) is 0 Å². The van der Waals surface area contributed by atoms with Gasteiger partial charge in [0.05, 0.1) is 51.7 Å². The first-order valence-corrected chi connectivity index (χ1v) is 9.78. The summed E-state index contributed by atoms with van der Waals surface area (Å²) in [6.07, 6.45) is 3.29. The molecule has 144 valence electrons. The smallest absolute Gasteiger partial charge is 0.305 e. The third-order valence-electron chi connectivity index (χ3n) is 4.68. The average Bonchev–Trinajstić information content (AvgIpc) is 2.65. The summed E-state index contributed by atoms with van der Waals surface area (Å²) in [5.74, 6) is -0.141. The number of likely N-dealkylation sites (N-methyl/N-ethyl adjacent to an activating group) is 1. The monoisotopic (exact) mass is 379 g/mol. The van der Waals surface area contributed by atoms with Crippen LogP contribution < -0.4 is 20.4 Å². The molecule has 1 aromatic rings. The van der Waals surface area contributed by atoms with Gasteiger partial charge in [-0.05, 0) is 37.2 Å². The molecule has 1 saturated heterocycles. The van der Waals surface area contributed by atoms with Crippen molar-refractivity contribution in [3.05, 3.63) is 24.3 Å². The Morgan fingerprint density at radius 2 is 1.96 bits per heavy atom. The lowest BCUT2D eigenvalue weighted by molar-refractivity contribution is -0.880. The number of methoxy groups -OCH3 is 1. The molecule has 0 saturated carbocycles. The standard InChI is InChI=1S/C19H30N4O2S/c1-22-12-14-23(15-13-22)17-9-6-5-8-16(17)21-19(26)20-11-7-3-4-10-18(24)25-2/h5-6,8-9H,3-4,7,10-15H2,1-2H3,(H2,20,21,26)/p+1. The molecule has 7 heteroatoms. The minimum Gasteiger partial charge on any atom is -0.469 e. The minimum absolute atomic E-state index is 0.141. The fourth-order valence-electron chi connectivity index (χ4n) is 3.03. The van der Waals surface area contributed by atoms with Crippen molar-refractivity contribution in [3.63, 3.8) is 0 Å². The maximum Gasteiger partial charge on any atom is 0.305 e. The van der Waals surface area contributed by atoms with Crippen LogP contribution in [-0.2, 0) is 9.53 Å². The normalized spacial score (nSPS) is 14.8. The predicted octanol–water partition coefficient (Wildman–Crippen LogP) is 1.04. The number of carbonyl (C=O) groups is 1. The highest BCUT2D eigenvalue weighted by Gasteiger charge is 2.19. The van der Waals surface area contributed by atoms with E-state index in [0.717, 1.165) is 57.7 Å². The zero-order chi connectivity index (χ0) is 18.8. The highest BCUT2D eigenvalue weighted by atomic mass is 32.1. The molecule has 1 aliphatic heterocycles. The van der Waals surface area contributed by atoms with Gasteiger partial charge < -0.3 is 25.2 Å². The number of hydrogen-bond donors (Lipinski definition) is 3. The molecule has 0 amide bonds. The van der Waals surface area contributed by atoms with E-state index in [-0.39, 0.29) is 5.97 Å². The number of hydrogen-bond acceptors (Lipinski definition) is 4. The summed E-state index contributed by atoms with van der Waals surface area (Å²) >= 11 is 5.44. The van der Waals surface area contributed by atoms with Crippen LogP contribution in [0.2, 0.25) is 0 Å². The van der Waals surface area contributed by atoms with Gasteiger partial charge in [-0.1, -0.05) is 18.6 Å². The molecule has 6 nitrogen and oxygen atoms in total. The van der Waals surface area contributed by atoms with Gasteiger partial charge in [0.2, 0.25) is 0 Å². The van der Waals surface area contributed by atoms with Gasteiger partial charge in [0.15, 0.2) is 5.11 Å². The van der Waals surface area contributed by atoms with Gasteiger partial charge in [0, 0.05) is 13.0 Å². The molecule has 0 atom stereocenters. The molecule has 0 bridgehead atoms. The number of para-hydroxylation sites is 2. The summed E-state index contributed by atoms with van der Waals surface area (Å²) < 4.78 is 4.64. The van der Waals surface area contributed by atoms with E-state index in [1.165, 1.54) is 12.8 Å². The molecule has 1 aliphatic rings. The lowest BCUT2D eigenvalue weighted by Gasteiger charge is -2.33. The number of carbonyl (C=O) groups excluding carboxylic acids is 1. The number of piperazine rings is 1. The van der Waals surface area contributed by atoms with Crippen molar-refractivity contribution in [1.82, 2.24) is 5.32 Å². The maximum atomic E-state index is 11.1. The Morgan fingerprint density at radius 3 is 2.69 bits per heavy atom. The Balaban J connectivity index is 1.74. The van der Waals surface area contributed by atoms with Crippen molar-refractivity contribution < 1.29 is 14.4 Å². The van der Waals surface area contributed by atoms with Crippen LogP contribution in [0.25, 0.3) is 0 Å². The number of nitrogens with one attached hydrogen (secondary N) is 3. The van der Waals surface area contributed by atoms with Crippen molar-refractivity contribution in [2.45, 2.75) is 25.7 Å². The third kappa shape index (κ3) is 6.80. The Kier molecular flexibility index (Phi) is 8.64. The van der Waals surface area contributed by atoms with Crippen molar-refractivity contribution in [2.75, 3.05) is 57.1 Å². The van der Waals surface area contributed by atoms with Gasteiger partial charge in [-0.2, -0.15) is 0 Å². The molecule has 0 aliphatic carbocycles. The quantitative estimate of drug-likeness (QED) is 0.357. The summed E-state index contributed by atoms with van der Waals surface area (Å²) in [6.45, 7) is 5.23. The number of anilines is 2. The van der Waals surface area contributed by atoms with E-state index in [1.807, 2.05) is 6.07 Å².